The molecule has 1 aromatic rings. The summed E-state index contributed by atoms with van der Waals surface area (Å²) >= 11 is 5.29. The standard InChI is InChI=1S/C17H25BrN2O2S/c1-17(2,3)22-16(21)19-14-7-9-20(10-8-14)23-15-6-4-5-13(11-15)12-18/h4-6,11,14H,7-10,12H2,1-3H3,(H,19,21). The number of halogens is 1. The van der Waals surface area contributed by atoms with Gasteiger partial charge in [0, 0.05) is 29.4 Å². The van der Waals surface area contributed by atoms with Crippen molar-refractivity contribution in [2.24, 2.45) is 0 Å². The molecule has 0 unspecified atom stereocenters. The van der Waals surface area contributed by atoms with E-state index in [0.29, 0.717) is 0 Å². The van der Waals surface area contributed by atoms with E-state index in [1.807, 2.05) is 20.8 Å². The minimum Gasteiger partial charge on any atom is -0.444 e. The molecule has 1 amide bonds. The summed E-state index contributed by atoms with van der Waals surface area (Å²) in [6, 6.07) is 8.77. The highest BCUT2D eigenvalue weighted by Gasteiger charge is 2.24. The second-order valence-electron chi connectivity index (χ2n) is 6.72. The fourth-order valence-electron chi connectivity index (χ4n) is 2.40. The number of carbonyl (C=O) groups excluding carboxylic acids is 1. The second-order valence-corrected chi connectivity index (χ2v) is 8.45. The number of benzene rings is 1. The van der Waals surface area contributed by atoms with Crippen molar-refractivity contribution < 1.29 is 9.53 Å². The van der Waals surface area contributed by atoms with Crippen molar-refractivity contribution in [2.75, 3.05) is 13.1 Å². The Labute approximate surface area is 151 Å². The second kappa shape index (κ2) is 8.40. The first-order chi connectivity index (χ1) is 10.9. The Hall–Kier alpha value is -0.720. The van der Waals surface area contributed by atoms with Crippen molar-refractivity contribution in [1.29, 1.82) is 0 Å². The van der Waals surface area contributed by atoms with Crippen LogP contribution in [0.15, 0.2) is 29.2 Å². The summed E-state index contributed by atoms with van der Waals surface area (Å²) in [6.07, 6.45) is 1.59. The number of hydrogen-bond acceptors (Lipinski definition) is 4. The molecule has 128 valence electrons. The molecule has 0 saturated carbocycles. The SMILES string of the molecule is CC(C)(C)OC(=O)NC1CCN(Sc2cccc(CBr)c2)CC1. The Morgan fingerprint density at radius 1 is 1.39 bits per heavy atom. The predicted molar refractivity (Wildman–Crippen MR) is 98.9 cm³/mol. The number of amides is 1. The molecule has 2 rings (SSSR count). The Kier molecular flexibility index (Phi) is 6.80. The van der Waals surface area contributed by atoms with Crippen LogP contribution in [0.25, 0.3) is 0 Å². The molecule has 0 spiro atoms. The molecule has 1 saturated heterocycles. The first-order valence-electron chi connectivity index (χ1n) is 7.93. The largest absolute Gasteiger partial charge is 0.444 e. The zero-order valence-electron chi connectivity index (χ0n) is 14.0. The highest BCUT2D eigenvalue weighted by molar-refractivity contribution is 9.08. The van der Waals surface area contributed by atoms with Gasteiger partial charge in [-0.3, -0.25) is 0 Å². The summed E-state index contributed by atoms with van der Waals surface area (Å²) in [5.41, 5.74) is 0.845. The van der Waals surface area contributed by atoms with E-state index in [-0.39, 0.29) is 12.1 Å². The van der Waals surface area contributed by atoms with Crippen molar-refractivity contribution in [3.05, 3.63) is 29.8 Å². The lowest BCUT2D eigenvalue weighted by atomic mass is 10.1. The smallest absolute Gasteiger partial charge is 0.407 e. The number of carbonyl (C=O) groups is 1. The fourth-order valence-corrected chi connectivity index (χ4v) is 3.78. The first-order valence-corrected chi connectivity index (χ1v) is 9.82. The zero-order chi connectivity index (χ0) is 16.9. The maximum Gasteiger partial charge on any atom is 0.407 e. The van der Waals surface area contributed by atoms with E-state index in [9.17, 15) is 4.79 Å². The van der Waals surface area contributed by atoms with Gasteiger partial charge in [0.05, 0.1) is 0 Å². The van der Waals surface area contributed by atoms with E-state index in [1.54, 1.807) is 11.9 Å². The number of nitrogens with zero attached hydrogens (tertiary/aromatic N) is 1. The Bertz CT molecular complexity index is 526. The van der Waals surface area contributed by atoms with Crippen LogP contribution in [0.3, 0.4) is 0 Å². The lowest BCUT2D eigenvalue weighted by Gasteiger charge is -2.32. The molecule has 1 heterocycles. The number of alkyl halides is 1. The topological polar surface area (TPSA) is 41.6 Å². The molecule has 4 nitrogen and oxygen atoms in total. The van der Waals surface area contributed by atoms with Gasteiger partial charge in [-0.15, -0.1) is 0 Å². The average molecular weight is 401 g/mol. The number of ether oxygens (including phenoxy) is 1. The summed E-state index contributed by atoms with van der Waals surface area (Å²) in [4.78, 5) is 13.1. The van der Waals surface area contributed by atoms with Crippen molar-refractivity contribution in [3.63, 3.8) is 0 Å². The molecule has 1 aliphatic rings. The van der Waals surface area contributed by atoms with Crippen molar-refractivity contribution in [3.8, 4) is 0 Å². The van der Waals surface area contributed by atoms with Crippen LogP contribution in [-0.4, -0.2) is 35.1 Å². The molecule has 0 aliphatic carbocycles. The third-order valence-corrected chi connectivity index (χ3v) is 5.20. The van der Waals surface area contributed by atoms with Gasteiger partial charge in [0.25, 0.3) is 0 Å². The Balaban J connectivity index is 1.76. The fraction of sp³-hybridized carbons (Fsp3) is 0.588. The summed E-state index contributed by atoms with van der Waals surface area (Å²) in [5.74, 6) is 0. The van der Waals surface area contributed by atoms with Gasteiger partial charge in [-0.2, -0.15) is 0 Å². The average Bonchev–Trinajstić information content (AvgIpc) is 2.47. The molecule has 23 heavy (non-hydrogen) atoms. The molecule has 1 fully saturated rings. The van der Waals surface area contributed by atoms with E-state index in [4.69, 9.17) is 4.74 Å². The number of alkyl carbamates (subject to hydrolysis) is 1. The molecule has 1 aromatic carbocycles. The predicted octanol–water partition coefficient (Wildman–Crippen LogP) is 4.58. The monoisotopic (exact) mass is 400 g/mol. The van der Waals surface area contributed by atoms with Crippen LogP contribution < -0.4 is 5.32 Å². The van der Waals surface area contributed by atoms with Crippen LogP contribution in [-0.2, 0) is 10.1 Å². The summed E-state index contributed by atoms with van der Waals surface area (Å²) in [5, 5.41) is 3.85. The molecule has 0 atom stereocenters. The molecule has 0 aromatic heterocycles. The third-order valence-electron chi connectivity index (χ3n) is 3.46. The highest BCUT2D eigenvalue weighted by atomic mass is 79.9. The van der Waals surface area contributed by atoms with Crippen molar-refractivity contribution in [1.82, 2.24) is 9.62 Å². The van der Waals surface area contributed by atoms with Crippen molar-refractivity contribution >= 4 is 34.0 Å². The van der Waals surface area contributed by atoms with Gasteiger partial charge in [0.1, 0.15) is 5.60 Å². The first kappa shape index (κ1) is 18.6. The van der Waals surface area contributed by atoms with Gasteiger partial charge in [-0.05, 0) is 63.3 Å². The van der Waals surface area contributed by atoms with Crippen LogP contribution in [0, 0.1) is 0 Å². The normalized spacial score (nSPS) is 17.0. The number of nitrogens with one attached hydrogen (secondary N) is 1. The quantitative estimate of drug-likeness (QED) is 0.593. The molecule has 1 aliphatic heterocycles. The lowest BCUT2D eigenvalue weighted by Crippen LogP contribution is -2.44. The maximum atomic E-state index is 11.8. The summed E-state index contributed by atoms with van der Waals surface area (Å²) < 4.78 is 7.68. The number of rotatable bonds is 4. The molecule has 0 bridgehead atoms. The van der Waals surface area contributed by atoms with Crippen LogP contribution in [0.2, 0.25) is 0 Å². The van der Waals surface area contributed by atoms with E-state index in [0.717, 1.165) is 31.3 Å². The molecule has 0 radical (unpaired) electrons. The van der Waals surface area contributed by atoms with E-state index in [2.05, 4.69) is 49.8 Å². The summed E-state index contributed by atoms with van der Waals surface area (Å²) in [6.45, 7) is 7.57. The van der Waals surface area contributed by atoms with E-state index < -0.39 is 5.60 Å². The van der Waals surface area contributed by atoms with Gasteiger partial charge in [-0.25, -0.2) is 9.10 Å². The van der Waals surface area contributed by atoms with Gasteiger partial charge in [0.2, 0.25) is 0 Å². The summed E-state index contributed by atoms with van der Waals surface area (Å²) in [7, 11) is 0. The third kappa shape index (κ3) is 6.73. The van der Waals surface area contributed by atoms with Crippen LogP contribution in [0.1, 0.15) is 39.2 Å². The van der Waals surface area contributed by atoms with Crippen LogP contribution in [0.4, 0.5) is 4.79 Å². The Morgan fingerprint density at radius 2 is 2.09 bits per heavy atom. The van der Waals surface area contributed by atoms with E-state index in [1.165, 1.54) is 10.5 Å². The van der Waals surface area contributed by atoms with Gasteiger partial charge in [0.15, 0.2) is 0 Å². The Morgan fingerprint density at radius 3 is 2.70 bits per heavy atom. The number of hydrogen-bond donors (Lipinski definition) is 1. The van der Waals surface area contributed by atoms with Crippen LogP contribution >= 0.6 is 27.9 Å². The molecular weight excluding hydrogens is 376 g/mol. The number of piperidine rings is 1. The highest BCUT2D eigenvalue weighted by Crippen LogP contribution is 2.27. The lowest BCUT2D eigenvalue weighted by molar-refractivity contribution is 0.0490. The van der Waals surface area contributed by atoms with E-state index >= 15 is 0 Å². The zero-order valence-corrected chi connectivity index (χ0v) is 16.4. The molecular formula is C17H25BrN2O2S. The molecule has 6 heteroatoms. The van der Waals surface area contributed by atoms with Crippen molar-refractivity contribution in [2.45, 2.75) is 55.5 Å². The maximum absolute atomic E-state index is 11.8. The minimum atomic E-state index is -0.443. The van der Waals surface area contributed by atoms with Gasteiger partial charge >= 0.3 is 6.09 Å². The van der Waals surface area contributed by atoms with Gasteiger partial charge in [-0.1, -0.05) is 28.1 Å². The molecule has 1 N–H and O–H groups in total. The van der Waals surface area contributed by atoms with Gasteiger partial charge < -0.3 is 10.1 Å². The van der Waals surface area contributed by atoms with Crippen LogP contribution in [0.5, 0.6) is 0 Å². The minimum absolute atomic E-state index is 0.204.